The first kappa shape index (κ1) is 14.9. The molecular formula is C14H24N2O2. The van der Waals surface area contributed by atoms with Gasteiger partial charge >= 0.3 is 0 Å². The van der Waals surface area contributed by atoms with Gasteiger partial charge in [-0.3, -0.25) is 4.98 Å². The molecule has 0 spiro atoms. The van der Waals surface area contributed by atoms with Crippen molar-refractivity contribution in [3.63, 3.8) is 0 Å². The third-order valence-corrected chi connectivity index (χ3v) is 2.52. The molecule has 0 aliphatic rings. The summed E-state index contributed by atoms with van der Waals surface area (Å²) in [5.41, 5.74) is 1.97. The summed E-state index contributed by atoms with van der Waals surface area (Å²) in [6, 6.07) is 3.95. The Labute approximate surface area is 110 Å². The summed E-state index contributed by atoms with van der Waals surface area (Å²) in [5.74, 6) is 0.841. The average molecular weight is 252 g/mol. The fourth-order valence-electron chi connectivity index (χ4n) is 1.70. The maximum atomic E-state index is 5.84. The zero-order chi connectivity index (χ0) is 13.4. The number of pyridine rings is 1. The van der Waals surface area contributed by atoms with Gasteiger partial charge in [-0.2, -0.15) is 0 Å². The molecule has 1 N–H and O–H groups in total. The molecule has 0 aromatic carbocycles. The summed E-state index contributed by atoms with van der Waals surface area (Å²) in [7, 11) is 1.68. The number of aryl methyl sites for hydroxylation is 1. The van der Waals surface area contributed by atoms with E-state index in [0.717, 1.165) is 36.6 Å². The molecule has 1 unspecified atom stereocenters. The Hall–Kier alpha value is -1.13. The predicted molar refractivity (Wildman–Crippen MR) is 72.9 cm³/mol. The van der Waals surface area contributed by atoms with Crippen molar-refractivity contribution >= 4 is 0 Å². The molecule has 0 saturated heterocycles. The second-order valence-corrected chi connectivity index (χ2v) is 4.46. The van der Waals surface area contributed by atoms with E-state index in [1.807, 2.05) is 26.0 Å². The summed E-state index contributed by atoms with van der Waals surface area (Å²) in [6.07, 6.45) is 1.15. The molecule has 0 bridgehead atoms. The number of hydrogen-bond acceptors (Lipinski definition) is 4. The lowest BCUT2D eigenvalue weighted by Crippen LogP contribution is -2.21. The molecule has 0 saturated carbocycles. The van der Waals surface area contributed by atoms with Crippen molar-refractivity contribution in [2.45, 2.75) is 39.8 Å². The second-order valence-electron chi connectivity index (χ2n) is 4.46. The third kappa shape index (κ3) is 5.02. The molecule has 1 rings (SSSR count). The first-order chi connectivity index (χ1) is 8.67. The van der Waals surface area contributed by atoms with Crippen molar-refractivity contribution in [2.75, 3.05) is 20.3 Å². The van der Waals surface area contributed by atoms with E-state index in [2.05, 4.69) is 17.2 Å². The number of aromatic nitrogens is 1. The van der Waals surface area contributed by atoms with Crippen LogP contribution in [0.5, 0.6) is 5.75 Å². The van der Waals surface area contributed by atoms with E-state index in [0.29, 0.717) is 6.61 Å². The molecule has 0 aliphatic carbocycles. The number of hydrogen-bond donors (Lipinski definition) is 1. The molecular weight excluding hydrogens is 228 g/mol. The number of ether oxygens (including phenoxy) is 2. The van der Waals surface area contributed by atoms with Gasteiger partial charge in [0.1, 0.15) is 11.9 Å². The van der Waals surface area contributed by atoms with E-state index >= 15 is 0 Å². The second kappa shape index (κ2) is 8.06. The summed E-state index contributed by atoms with van der Waals surface area (Å²) >= 11 is 0. The number of nitrogens with zero attached hydrogens (tertiary/aromatic N) is 1. The predicted octanol–water partition coefficient (Wildman–Crippen LogP) is 2.30. The van der Waals surface area contributed by atoms with Gasteiger partial charge in [0.05, 0.1) is 12.3 Å². The van der Waals surface area contributed by atoms with Crippen LogP contribution < -0.4 is 10.1 Å². The minimum Gasteiger partial charge on any atom is -0.486 e. The highest BCUT2D eigenvalue weighted by Gasteiger charge is 2.09. The van der Waals surface area contributed by atoms with Crippen LogP contribution in [0.2, 0.25) is 0 Å². The maximum absolute atomic E-state index is 5.84. The van der Waals surface area contributed by atoms with Crippen molar-refractivity contribution in [3.8, 4) is 5.75 Å². The average Bonchev–Trinajstić information content (AvgIpc) is 2.33. The van der Waals surface area contributed by atoms with Gasteiger partial charge in [0.25, 0.3) is 0 Å². The Balaban J connectivity index is 2.69. The first-order valence-corrected chi connectivity index (χ1v) is 6.50. The van der Waals surface area contributed by atoms with Crippen LogP contribution in [0, 0.1) is 6.92 Å². The fourth-order valence-corrected chi connectivity index (χ4v) is 1.70. The molecule has 0 fully saturated rings. The van der Waals surface area contributed by atoms with E-state index in [1.165, 1.54) is 0 Å². The Morgan fingerprint density at radius 3 is 2.83 bits per heavy atom. The molecule has 1 aromatic rings. The zero-order valence-electron chi connectivity index (χ0n) is 11.8. The van der Waals surface area contributed by atoms with Crippen molar-refractivity contribution < 1.29 is 9.47 Å². The number of methoxy groups -OCH3 is 1. The molecule has 1 aromatic heterocycles. The highest BCUT2D eigenvalue weighted by Crippen LogP contribution is 2.18. The van der Waals surface area contributed by atoms with Crippen LogP contribution in [0.3, 0.4) is 0 Å². The minimum absolute atomic E-state index is 0.0319. The summed E-state index contributed by atoms with van der Waals surface area (Å²) in [4.78, 5) is 4.53. The Morgan fingerprint density at radius 1 is 1.39 bits per heavy atom. The molecule has 1 atom stereocenters. The van der Waals surface area contributed by atoms with Crippen molar-refractivity contribution in [2.24, 2.45) is 0 Å². The Morgan fingerprint density at radius 2 is 2.17 bits per heavy atom. The lowest BCUT2D eigenvalue weighted by Gasteiger charge is -2.17. The highest BCUT2D eigenvalue weighted by molar-refractivity contribution is 5.29. The maximum Gasteiger partial charge on any atom is 0.142 e. The summed E-state index contributed by atoms with van der Waals surface area (Å²) in [5, 5.41) is 3.35. The van der Waals surface area contributed by atoms with E-state index in [-0.39, 0.29) is 6.10 Å². The van der Waals surface area contributed by atoms with Gasteiger partial charge in [-0.1, -0.05) is 6.92 Å². The molecule has 18 heavy (non-hydrogen) atoms. The lowest BCUT2D eigenvalue weighted by atomic mass is 10.2. The normalized spacial score (nSPS) is 12.4. The van der Waals surface area contributed by atoms with Gasteiger partial charge in [-0.05, 0) is 38.9 Å². The van der Waals surface area contributed by atoms with Crippen LogP contribution >= 0.6 is 0 Å². The van der Waals surface area contributed by atoms with E-state index in [9.17, 15) is 0 Å². The van der Waals surface area contributed by atoms with Crippen molar-refractivity contribution in [3.05, 3.63) is 23.5 Å². The van der Waals surface area contributed by atoms with Gasteiger partial charge in [-0.15, -0.1) is 0 Å². The fraction of sp³-hybridized carbons (Fsp3) is 0.643. The molecule has 102 valence electrons. The molecule has 0 amide bonds. The van der Waals surface area contributed by atoms with Gasteiger partial charge in [0.15, 0.2) is 0 Å². The van der Waals surface area contributed by atoms with Gasteiger partial charge in [0, 0.05) is 19.3 Å². The van der Waals surface area contributed by atoms with Gasteiger partial charge in [0.2, 0.25) is 0 Å². The summed E-state index contributed by atoms with van der Waals surface area (Å²) in [6.45, 7) is 8.44. The van der Waals surface area contributed by atoms with E-state index < -0.39 is 0 Å². The third-order valence-electron chi connectivity index (χ3n) is 2.52. The minimum atomic E-state index is 0.0319. The molecule has 4 nitrogen and oxygen atoms in total. The highest BCUT2D eigenvalue weighted by atomic mass is 16.5. The first-order valence-electron chi connectivity index (χ1n) is 6.50. The Kier molecular flexibility index (Phi) is 6.68. The molecule has 4 heteroatoms. The zero-order valence-corrected chi connectivity index (χ0v) is 11.8. The molecule has 1 heterocycles. The van der Waals surface area contributed by atoms with E-state index in [1.54, 1.807) is 7.11 Å². The monoisotopic (exact) mass is 252 g/mol. The SMILES string of the molecule is CCCNCc1nc(C)ccc1OC(C)COC. The van der Waals surface area contributed by atoms with Crippen molar-refractivity contribution in [1.29, 1.82) is 0 Å². The number of nitrogens with one attached hydrogen (secondary N) is 1. The van der Waals surface area contributed by atoms with Crippen LogP contribution in [-0.2, 0) is 11.3 Å². The molecule has 0 aliphatic heterocycles. The largest absolute Gasteiger partial charge is 0.486 e. The van der Waals surface area contributed by atoms with E-state index in [4.69, 9.17) is 9.47 Å². The Bertz CT molecular complexity index is 356. The van der Waals surface area contributed by atoms with Gasteiger partial charge < -0.3 is 14.8 Å². The van der Waals surface area contributed by atoms with Crippen LogP contribution in [0.4, 0.5) is 0 Å². The summed E-state index contributed by atoms with van der Waals surface area (Å²) < 4.78 is 10.9. The molecule has 0 radical (unpaired) electrons. The van der Waals surface area contributed by atoms with Crippen LogP contribution in [0.1, 0.15) is 31.7 Å². The smallest absolute Gasteiger partial charge is 0.142 e. The number of rotatable bonds is 8. The standard InChI is InChI=1S/C14H24N2O2/c1-5-8-15-9-13-14(7-6-11(2)16-13)18-12(3)10-17-4/h6-7,12,15H,5,8-10H2,1-4H3. The topological polar surface area (TPSA) is 43.4 Å². The van der Waals surface area contributed by atoms with Crippen molar-refractivity contribution in [1.82, 2.24) is 10.3 Å². The van der Waals surface area contributed by atoms with Crippen LogP contribution in [-0.4, -0.2) is 31.3 Å². The quantitative estimate of drug-likeness (QED) is 0.721. The lowest BCUT2D eigenvalue weighted by molar-refractivity contribution is 0.0910. The van der Waals surface area contributed by atoms with Crippen LogP contribution in [0.15, 0.2) is 12.1 Å². The van der Waals surface area contributed by atoms with Gasteiger partial charge in [-0.25, -0.2) is 0 Å². The van der Waals surface area contributed by atoms with Crippen LogP contribution in [0.25, 0.3) is 0 Å².